The van der Waals surface area contributed by atoms with Crippen LogP contribution >= 0.6 is 11.3 Å². The number of hydrogen-bond acceptors (Lipinski definition) is 8. The Morgan fingerprint density at radius 3 is 2.66 bits per heavy atom. The Kier molecular flexibility index (Phi) is 5.62. The lowest BCUT2D eigenvalue weighted by Gasteiger charge is -2.08. The van der Waals surface area contributed by atoms with Gasteiger partial charge in [0.2, 0.25) is 0 Å². The number of aryl methyl sites for hydroxylation is 4. The standard InChI is InChI=1S/C22H20N4O5S/c1-11-8-14(13(3)32-11)16-9-15(19-12(2)25-31-21(19)23-16)22(29)30-10-18(27)24-20(28)17-6-5-7-26(17)4/h5-9H,10H2,1-4H3,(H,24,27,28). The van der Waals surface area contributed by atoms with Crippen LogP contribution < -0.4 is 5.32 Å². The third-order valence-corrected chi connectivity index (χ3v) is 5.88. The molecule has 4 heterocycles. The van der Waals surface area contributed by atoms with E-state index in [2.05, 4.69) is 15.5 Å². The van der Waals surface area contributed by atoms with Crippen molar-refractivity contribution in [3.63, 3.8) is 0 Å². The lowest BCUT2D eigenvalue weighted by molar-refractivity contribution is -0.123. The number of thiophene rings is 1. The second kappa shape index (κ2) is 8.39. The molecular formula is C22H20N4O5S. The Balaban J connectivity index is 1.56. The van der Waals surface area contributed by atoms with Crippen LogP contribution in [0, 0.1) is 20.8 Å². The highest BCUT2D eigenvalue weighted by Gasteiger charge is 2.23. The summed E-state index contributed by atoms with van der Waals surface area (Å²) in [6.07, 6.45) is 1.68. The SMILES string of the molecule is Cc1cc(-c2cc(C(=O)OCC(=O)NC(=O)c3cccn3C)c3c(C)noc3n2)c(C)s1. The first kappa shape index (κ1) is 21.4. The average Bonchev–Trinajstić information content (AvgIpc) is 3.44. The summed E-state index contributed by atoms with van der Waals surface area (Å²) in [5, 5.41) is 6.53. The summed E-state index contributed by atoms with van der Waals surface area (Å²) in [5.74, 6) is -2.05. The Bertz CT molecular complexity index is 1360. The van der Waals surface area contributed by atoms with Crippen LogP contribution in [0.3, 0.4) is 0 Å². The Morgan fingerprint density at radius 2 is 2.00 bits per heavy atom. The maximum absolute atomic E-state index is 12.9. The first-order chi connectivity index (χ1) is 15.2. The van der Waals surface area contributed by atoms with Gasteiger partial charge in [-0.1, -0.05) is 5.16 Å². The molecule has 0 atom stereocenters. The molecule has 0 unspecified atom stereocenters. The molecule has 1 N–H and O–H groups in total. The van der Waals surface area contributed by atoms with E-state index >= 15 is 0 Å². The zero-order chi connectivity index (χ0) is 23.0. The number of nitrogens with one attached hydrogen (secondary N) is 1. The maximum Gasteiger partial charge on any atom is 0.339 e. The minimum Gasteiger partial charge on any atom is -0.452 e. The average molecular weight is 452 g/mol. The van der Waals surface area contributed by atoms with E-state index in [1.54, 1.807) is 54.3 Å². The monoisotopic (exact) mass is 452 g/mol. The van der Waals surface area contributed by atoms with Crippen LogP contribution in [0.25, 0.3) is 22.4 Å². The quantitative estimate of drug-likeness (QED) is 0.462. The Morgan fingerprint density at radius 1 is 1.22 bits per heavy atom. The number of ether oxygens (including phenoxy) is 1. The van der Waals surface area contributed by atoms with Gasteiger partial charge in [-0.05, 0) is 45.0 Å². The number of aromatic nitrogens is 3. The minimum atomic E-state index is -0.740. The fourth-order valence-corrected chi connectivity index (χ4v) is 4.34. The summed E-state index contributed by atoms with van der Waals surface area (Å²) < 4.78 is 12.1. The molecule has 2 amide bonds. The summed E-state index contributed by atoms with van der Waals surface area (Å²) in [6, 6.07) is 6.85. The smallest absolute Gasteiger partial charge is 0.339 e. The van der Waals surface area contributed by atoms with E-state index in [1.807, 2.05) is 19.9 Å². The van der Waals surface area contributed by atoms with Gasteiger partial charge in [0.25, 0.3) is 17.5 Å². The van der Waals surface area contributed by atoms with Gasteiger partial charge in [0.15, 0.2) is 6.61 Å². The number of hydrogen-bond donors (Lipinski definition) is 1. The van der Waals surface area contributed by atoms with E-state index in [0.717, 1.165) is 15.3 Å². The highest BCUT2D eigenvalue weighted by molar-refractivity contribution is 7.12. The minimum absolute atomic E-state index is 0.188. The van der Waals surface area contributed by atoms with Crippen LogP contribution in [0.1, 0.15) is 36.3 Å². The van der Waals surface area contributed by atoms with Gasteiger partial charge in [-0.3, -0.25) is 14.9 Å². The number of pyridine rings is 1. The third-order valence-electron chi connectivity index (χ3n) is 4.92. The van der Waals surface area contributed by atoms with Crippen LogP contribution in [0.5, 0.6) is 0 Å². The van der Waals surface area contributed by atoms with E-state index in [4.69, 9.17) is 9.26 Å². The number of imide groups is 1. The molecule has 0 saturated carbocycles. The van der Waals surface area contributed by atoms with Crippen LogP contribution in [0.15, 0.2) is 35.0 Å². The van der Waals surface area contributed by atoms with Crippen molar-refractivity contribution in [1.82, 2.24) is 20.0 Å². The van der Waals surface area contributed by atoms with Gasteiger partial charge in [0.05, 0.1) is 22.3 Å². The molecule has 4 aromatic heterocycles. The van der Waals surface area contributed by atoms with Gasteiger partial charge in [-0.25, -0.2) is 9.78 Å². The molecule has 0 spiro atoms. The molecule has 0 aliphatic carbocycles. The van der Waals surface area contributed by atoms with Crippen LogP contribution in [-0.4, -0.2) is 39.1 Å². The molecule has 0 radical (unpaired) electrons. The molecule has 0 saturated heterocycles. The van der Waals surface area contributed by atoms with Gasteiger partial charge in [0, 0.05) is 28.6 Å². The van der Waals surface area contributed by atoms with E-state index in [9.17, 15) is 14.4 Å². The third kappa shape index (κ3) is 4.04. The van der Waals surface area contributed by atoms with E-state index < -0.39 is 24.4 Å². The molecule has 4 aromatic rings. The molecule has 4 rings (SSSR count). The van der Waals surface area contributed by atoms with Gasteiger partial charge in [0.1, 0.15) is 5.69 Å². The van der Waals surface area contributed by atoms with Gasteiger partial charge in [-0.2, -0.15) is 0 Å². The topological polar surface area (TPSA) is 116 Å². The van der Waals surface area contributed by atoms with Crippen molar-refractivity contribution >= 4 is 40.2 Å². The van der Waals surface area contributed by atoms with Gasteiger partial charge in [-0.15, -0.1) is 11.3 Å². The van der Waals surface area contributed by atoms with Crippen molar-refractivity contribution < 1.29 is 23.6 Å². The molecule has 32 heavy (non-hydrogen) atoms. The number of fused-ring (bicyclic) bond motifs is 1. The molecule has 0 aromatic carbocycles. The molecule has 0 bridgehead atoms. The second-order valence-corrected chi connectivity index (χ2v) is 8.75. The summed E-state index contributed by atoms with van der Waals surface area (Å²) in [7, 11) is 1.68. The van der Waals surface area contributed by atoms with Gasteiger partial charge >= 0.3 is 5.97 Å². The maximum atomic E-state index is 12.9. The van der Waals surface area contributed by atoms with E-state index in [0.29, 0.717) is 22.5 Å². The number of nitrogens with zero attached hydrogens (tertiary/aromatic N) is 3. The second-order valence-electron chi connectivity index (χ2n) is 7.29. The number of amides is 2. The normalized spacial score (nSPS) is 11.0. The predicted octanol–water partition coefficient (Wildman–Crippen LogP) is 3.33. The number of esters is 1. The first-order valence-electron chi connectivity index (χ1n) is 9.71. The first-order valence-corrected chi connectivity index (χ1v) is 10.5. The summed E-state index contributed by atoms with van der Waals surface area (Å²) in [6.45, 7) is 5.03. The molecule has 164 valence electrons. The largest absolute Gasteiger partial charge is 0.452 e. The van der Waals surface area contributed by atoms with Crippen molar-refractivity contribution in [2.75, 3.05) is 6.61 Å². The molecular weight excluding hydrogens is 432 g/mol. The van der Waals surface area contributed by atoms with E-state index in [1.165, 1.54) is 0 Å². The van der Waals surface area contributed by atoms with Crippen molar-refractivity contribution in [2.24, 2.45) is 7.05 Å². The predicted molar refractivity (Wildman–Crippen MR) is 117 cm³/mol. The van der Waals surface area contributed by atoms with Crippen LogP contribution in [-0.2, 0) is 16.6 Å². The van der Waals surface area contributed by atoms with Crippen molar-refractivity contribution in [2.45, 2.75) is 20.8 Å². The highest BCUT2D eigenvalue weighted by atomic mass is 32.1. The zero-order valence-electron chi connectivity index (χ0n) is 17.9. The Hall–Kier alpha value is -3.79. The summed E-state index contributed by atoms with van der Waals surface area (Å²) >= 11 is 1.62. The van der Waals surface area contributed by atoms with Crippen LogP contribution in [0.4, 0.5) is 0 Å². The molecule has 0 aliphatic rings. The fraction of sp³-hybridized carbons (Fsp3) is 0.227. The number of carbonyl (C=O) groups excluding carboxylic acids is 3. The number of rotatable bonds is 5. The molecule has 9 nitrogen and oxygen atoms in total. The Labute approximate surface area is 187 Å². The van der Waals surface area contributed by atoms with Crippen LogP contribution in [0.2, 0.25) is 0 Å². The molecule has 10 heteroatoms. The molecule has 0 aliphatic heterocycles. The zero-order valence-corrected chi connectivity index (χ0v) is 18.7. The highest BCUT2D eigenvalue weighted by Crippen LogP contribution is 2.33. The lowest BCUT2D eigenvalue weighted by atomic mass is 10.1. The lowest BCUT2D eigenvalue weighted by Crippen LogP contribution is -2.35. The summed E-state index contributed by atoms with van der Waals surface area (Å²) in [5.41, 5.74) is 2.61. The van der Waals surface area contributed by atoms with Crippen molar-refractivity contribution in [1.29, 1.82) is 0 Å². The van der Waals surface area contributed by atoms with Crippen molar-refractivity contribution in [3.05, 3.63) is 57.2 Å². The van der Waals surface area contributed by atoms with E-state index in [-0.39, 0.29) is 11.3 Å². The molecule has 0 fully saturated rings. The number of carbonyl (C=O) groups is 3. The summed E-state index contributed by atoms with van der Waals surface area (Å²) in [4.78, 5) is 43.8. The van der Waals surface area contributed by atoms with Gasteiger partial charge < -0.3 is 13.8 Å². The fourth-order valence-electron chi connectivity index (χ4n) is 3.41. The van der Waals surface area contributed by atoms with Crippen molar-refractivity contribution in [3.8, 4) is 11.3 Å².